The topological polar surface area (TPSA) is 75.3 Å². The molecule has 1 amide bonds. The van der Waals surface area contributed by atoms with E-state index in [2.05, 4.69) is 10.0 Å². The summed E-state index contributed by atoms with van der Waals surface area (Å²) >= 11 is 0. The molecule has 0 unspecified atom stereocenters. The molecule has 0 saturated heterocycles. The number of nitrogens with one attached hydrogen (secondary N) is 2. The highest BCUT2D eigenvalue weighted by Crippen LogP contribution is 2.13. The van der Waals surface area contributed by atoms with E-state index in [-0.39, 0.29) is 36.5 Å². The van der Waals surface area contributed by atoms with Crippen molar-refractivity contribution in [2.24, 2.45) is 0 Å². The SMILES string of the molecule is CC(C)NS(=O)(=O)Cc1ccccc1CNC(=O)Cc1cccc(F)c1. The standard InChI is InChI=1S/C19H23FN2O3S/c1-14(2)22-26(24,25)13-17-8-4-3-7-16(17)12-21-19(23)11-15-6-5-9-18(20)10-15/h3-10,14,22H,11-13H2,1-2H3,(H,21,23). The lowest BCUT2D eigenvalue weighted by atomic mass is 10.1. The molecule has 0 fully saturated rings. The molecular weight excluding hydrogens is 355 g/mol. The summed E-state index contributed by atoms with van der Waals surface area (Å²) in [6.45, 7) is 3.73. The molecule has 0 radical (unpaired) electrons. The van der Waals surface area contributed by atoms with Gasteiger partial charge >= 0.3 is 0 Å². The van der Waals surface area contributed by atoms with E-state index in [1.165, 1.54) is 12.1 Å². The van der Waals surface area contributed by atoms with Gasteiger partial charge in [0.15, 0.2) is 0 Å². The van der Waals surface area contributed by atoms with Gasteiger partial charge in [-0.3, -0.25) is 4.79 Å². The highest BCUT2D eigenvalue weighted by atomic mass is 32.2. The molecule has 0 aliphatic heterocycles. The minimum Gasteiger partial charge on any atom is -0.352 e. The van der Waals surface area contributed by atoms with E-state index in [1.807, 2.05) is 0 Å². The first kappa shape index (κ1) is 20.1. The Hall–Kier alpha value is -2.25. The summed E-state index contributed by atoms with van der Waals surface area (Å²) in [6, 6.07) is 12.8. The first-order valence-corrected chi connectivity index (χ1v) is 9.98. The van der Waals surface area contributed by atoms with E-state index in [0.29, 0.717) is 11.1 Å². The zero-order valence-corrected chi connectivity index (χ0v) is 15.6. The van der Waals surface area contributed by atoms with Crippen molar-refractivity contribution >= 4 is 15.9 Å². The Balaban J connectivity index is 2.00. The van der Waals surface area contributed by atoms with E-state index in [0.717, 1.165) is 5.56 Å². The molecule has 2 aromatic rings. The van der Waals surface area contributed by atoms with Gasteiger partial charge in [-0.1, -0.05) is 36.4 Å². The first-order chi connectivity index (χ1) is 12.2. The number of benzene rings is 2. The second-order valence-electron chi connectivity index (χ2n) is 6.38. The number of hydrogen-bond donors (Lipinski definition) is 2. The lowest BCUT2D eigenvalue weighted by Crippen LogP contribution is -2.32. The maximum Gasteiger partial charge on any atom is 0.224 e. The second kappa shape index (κ2) is 8.91. The maximum absolute atomic E-state index is 13.2. The predicted octanol–water partition coefficient (Wildman–Crippen LogP) is 2.51. The Kier molecular flexibility index (Phi) is 6.88. The van der Waals surface area contributed by atoms with E-state index >= 15 is 0 Å². The zero-order chi connectivity index (χ0) is 19.2. The summed E-state index contributed by atoms with van der Waals surface area (Å²) < 4.78 is 40.0. The van der Waals surface area contributed by atoms with Crippen molar-refractivity contribution in [3.63, 3.8) is 0 Å². The summed E-state index contributed by atoms with van der Waals surface area (Å²) in [4.78, 5) is 12.1. The molecule has 5 nitrogen and oxygen atoms in total. The van der Waals surface area contributed by atoms with Crippen LogP contribution < -0.4 is 10.0 Å². The Morgan fingerprint density at radius 3 is 2.42 bits per heavy atom. The third-order valence-corrected chi connectivity index (χ3v) is 5.13. The van der Waals surface area contributed by atoms with Crippen molar-refractivity contribution in [2.75, 3.05) is 0 Å². The average molecular weight is 378 g/mol. The molecule has 2 rings (SSSR count). The van der Waals surface area contributed by atoms with Crippen molar-refractivity contribution in [3.05, 3.63) is 71.0 Å². The molecule has 0 spiro atoms. The molecule has 0 aliphatic rings. The number of hydrogen-bond acceptors (Lipinski definition) is 3. The fraction of sp³-hybridized carbons (Fsp3) is 0.316. The van der Waals surface area contributed by atoms with Crippen molar-refractivity contribution < 1.29 is 17.6 Å². The van der Waals surface area contributed by atoms with E-state index in [4.69, 9.17) is 0 Å². The number of sulfonamides is 1. The van der Waals surface area contributed by atoms with E-state index in [9.17, 15) is 17.6 Å². The summed E-state index contributed by atoms with van der Waals surface area (Å²) in [6.07, 6.45) is 0.0626. The molecule has 0 aliphatic carbocycles. The highest BCUT2D eigenvalue weighted by Gasteiger charge is 2.15. The van der Waals surface area contributed by atoms with E-state index in [1.54, 1.807) is 50.2 Å². The Morgan fingerprint density at radius 1 is 1.08 bits per heavy atom. The molecule has 0 atom stereocenters. The van der Waals surface area contributed by atoms with Crippen molar-refractivity contribution in [3.8, 4) is 0 Å². The Labute approximate surface area is 153 Å². The first-order valence-electron chi connectivity index (χ1n) is 8.33. The second-order valence-corrected chi connectivity index (χ2v) is 8.14. The third kappa shape index (κ3) is 6.57. The van der Waals surface area contributed by atoms with Gasteiger partial charge in [-0.15, -0.1) is 0 Å². The Morgan fingerprint density at radius 2 is 1.77 bits per heavy atom. The van der Waals surface area contributed by atoms with Crippen LogP contribution in [0.25, 0.3) is 0 Å². The summed E-state index contributed by atoms with van der Waals surface area (Å²) in [5, 5.41) is 2.76. The lowest BCUT2D eigenvalue weighted by molar-refractivity contribution is -0.120. The van der Waals surface area contributed by atoms with Crippen LogP contribution in [0, 0.1) is 5.82 Å². The smallest absolute Gasteiger partial charge is 0.224 e. The van der Waals surface area contributed by atoms with Gasteiger partial charge in [0, 0.05) is 12.6 Å². The minimum atomic E-state index is -3.45. The van der Waals surface area contributed by atoms with Crippen molar-refractivity contribution in [1.29, 1.82) is 0 Å². The quantitative estimate of drug-likeness (QED) is 0.741. The predicted molar refractivity (Wildman–Crippen MR) is 99.3 cm³/mol. The number of carbonyl (C=O) groups excluding carboxylic acids is 1. The van der Waals surface area contributed by atoms with Crippen molar-refractivity contribution in [1.82, 2.24) is 10.0 Å². The summed E-state index contributed by atoms with van der Waals surface area (Å²) in [5.41, 5.74) is 1.94. The molecule has 26 heavy (non-hydrogen) atoms. The van der Waals surface area contributed by atoms with Gasteiger partial charge in [-0.2, -0.15) is 0 Å². The van der Waals surface area contributed by atoms with Crippen LogP contribution in [0.2, 0.25) is 0 Å². The largest absolute Gasteiger partial charge is 0.352 e. The fourth-order valence-electron chi connectivity index (χ4n) is 2.56. The van der Waals surface area contributed by atoms with Gasteiger partial charge in [0.2, 0.25) is 15.9 Å². The summed E-state index contributed by atoms with van der Waals surface area (Å²) in [7, 11) is -3.45. The van der Waals surface area contributed by atoms with Gasteiger partial charge in [0.1, 0.15) is 5.82 Å². The van der Waals surface area contributed by atoms with Crippen LogP contribution in [-0.2, 0) is 33.5 Å². The van der Waals surface area contributed by atoms with Crippen LogP contribution in [0.3, 0.4) is 0 Å². The molecule has 2 N–H and O–H groups in total. The van der Waals surface area contributed by atoms with Gasteiger partial charge in [0.25, 0.3) is 0 Å². The van der Waals surface area contributed by atoms with Gasteiger partial charge in [-0.05, 0) is 42.7 Å². The van der Waals surface area contributed by atoms with Crippen LogP contribution in [0.4, 0.5) is 4.39 Å². The molecule has 2 aromatic carbocycles. The molecular formula is C19H23FN2O3S. The van der Waals surface area contributed by atoms with Crippen LogP contribution in [-0.4, -0.2) is 20.4 Å². The molecule has 0 bridgehead atoms. The highest BCUT2D eigenvalue weighted by molar-refractivity contribution is 7.88. The molecule has 7 heteroatoms. The number of halogens is 1. The molecule has 0 heterocycles. The number of rotatable bonds is 8. The lowest BCUT2D eigenvalue weighted by Gasteiger charge is -2.13. The molecule has 0 aromatic heterocycles. The monoisotopic (exact) mass is 378 g/mol. The van der Waals surface area contributed by atoms with E-state index < -0.39 is 10.0 Å². The minimum absolute atomic E-state index is 0.0626. The fourth-order valence-corrected chi connectivity index (χ4v) is 4.06. The zero-order valence-electron chi connectivity index (χ0n) is 14.8. The van der Waals surface area contributed by atoms with Crippen molar-refractivity contribution in [2.45, 2.75) is 38.6 Å². The van der Waals surface area contributed by atoms with Gasteiger partial charge in [0.05, 0.1) is 12.2 Å². The average Bonchev–Trinajstić information content (AvgIpc) is 2.52. The summed E-state index contributed by atoms with van der Waals surface area (Å²) in [5.74, 6) is -0.793. The maximum atomic E-state index is 13.2. The molecule has 0 saturated carbocycles. The molecule has 140 valence electrons. The van der Waals surface area contributed by atoms with Crippen LogP contribution in [0.5, 0.6) is 0 Å². The normalized spacial score (nSPS) is 11.5. The van der Waals surface area contributed by atoms with Gasteiger partial charge < -0.3 is 5.32 Å². The van der Waals surface area contributed by atoms with Gasteiger partial charge in [-0.25, -0.2) is 17.5 Å². The van der Waals surface area contributed by atoms with Crippen LogP contribution >= 0.6 is 0 Å². The number of carbonyl (C=O) groups is 1. The number of amides is 1. The Bertz CT molecular complexity index is 867. The van der Waals surface area contributed by atoms with Crippen LogP contribution in [0.15, 0.2) is 48.5 Å². The third-order valence-electron chi connectivity index (χ3n) is 3.61. The van der Waals surface area contributed by atoms with Crippen LogP contribution in [0.1, 0.15) is 30.5 Å².